The quantitative estimate of drug-likeness (QED) is 0.460. The van der Waals surface area contributed by atoms with E-state index < -0.39 is 6.04 Å². The molecule has 6 heteroatoms. The van der Waals surface area contributed by atoms with E-state index in [1.165, 1.54) is 12.1 Å². The molecule has 0 unspecified atom stereocenters. The van der Waals surface area contributed by atoms with Crippen molar-refractivity contribution in [1.29, 1.82) is 0 Å². The Kier molecular flexibility index (Phi) is 3.98. The summed E-state index contributed by atoms with van der Waals surface area (Å²) in [6.07, 6.45) is 0.569. The summed E-state index contributed by atoms with van der Waals surface area (Å²) in [4.78, 5) is 20.7. The van der Waals surface area contributed by atoms with E-state index >= 15 is 0 Å². The van der Waals surface area contributed by atoms with Gasteiger partial charge in [-0.1, -0.05) is 48.5 Å². The summed E-state index contributed by atoms with van der Waals surface area (Å²) in [5, 5.41) is 1.58. The van der Waals surface area contributed by atoms with Crippen molar-refractivity contribution in [2.45, 2.75) is 18.5 Å². The van der Waals surface area contributed by atoms with E-state index in [1.807, 2.05) is 35.2 Å². The van der Waals surface area contributed by atoms with Gasteiger partial charge >= 0.3 is 0 Å². The third-order valence-corrected chi connectivity index (χ3v) is 6.64. The average molecular weight is 428 g/mol. The Bertz CT molecular complexity index is 1330. The average Bonchev–Trinajstić information content (AvgIpc) is 3.29. The molecule has 1 fully saturated rings. The van der Waals surface area contributed by atoms with Crippen LogP contribution in [0.5, 0.6) is 0 Å². The molecule has 1 aromatic heterocycles. The fourth-order valence-electron chi connectivity index (χ4n) is 4.88. The van der Waals surface area contributed by atoms with Gasteiger partial charge in [-0.2, -0.15) is 0 Å². The van der Waals surface area contributed by atoms with E-state index in [9.17, 15) is 9.18 Å². The Morgan fingerprint density at radius 3 is 2.42 bits per heavy atom. The number of rotatable bonds is 2. The number of amides is 1. The van der Waals surface area contributed by atoms with Crippen molar-refractivity contribution in [1.82, 2.24) is 9.88 Å². The lowest BCUT2D eigenvalue weighted by Crippen LogP contribution is -2.44. The zero-order valence-electron chi connectivity index (χ0n) is 16.5. The minimum absolute atomic E-state index is 0.0755. The monoisotopic (exact) mass is 427 g/mol. The zero-order chi connectivity index (χ0) is 21.1. The number of hydrogen-bond acceptors (Lipinski definition) is 2. The maximum atomic E-state index is 13.6. The highest BCUT2D eigenvalue weighted by molar-refractivity contribution is 7.80. The summed E-state index contributed by atoms with van der Waals surface area (Å²) in [5.41, 5.74) is 4.94. The minimum atomic E-state index is -0.408. The fourth-order valence-corrected chi connectivity index (χ4v) is 5.31. The lowest BCUT2D eigenvalue weighted by atomic mass is 9.89. The summed E-state index contributed by atoms with van der Waals surface area (Å²) in [6.45, 7) is 0. The molecule has 1 amide bonds. The Balaban J connectivity index is 1.54. The number of aromatic amines is 1. The standard InChI is InChI=1S/C25H18FN3OS/c26-16-10-12-17(13-11-16)28-24(30)21-14-19-18-8-4-5-9-20(18)27-22(19)23(29(21)25(28)31)15-6-2-1-3-7-15/h1-13,21,23,27H,14H2/t21-,23+/m1/s1. The third kappa shape index (κ3) is 2.65. The highest BCUT2D eigenvalue weighted by Crippen LogP contribution is 2.44. The van der Waals surface area contributed by atoms with Crippen molar-refractivity contribution < 1.29 is 9.18 Å². The highest BCUT2D eigenvalue weighted by atomic mass is 32.1. The molecular weight excluding hydrogens is 409 g/mol. The van der Waals surface area contributed by atoms with E-state index in [-0.39, 0.29) is 17.8 Å². The molecule has 152 valence electrons. The highest BCUT2D eigenvalue weighted by Gasteiger charge is 2.50. The zero-order valence-corrected chi connectivity index (χ0v) is 17.3. The van der Waals surface area contributed by atoms with Crippen LogP contribution in [0.15, 0.2) is 78.9 Å². The molecule has 3 heterocycles. The molecule has 2 aliphatic rings. The van der Waals surface area contributed by atoms with Gasteiger partial charge in [0.2, 0.25) is 0 Å². The number of aromatic nitrogens is 1. The third-order valence-electron chi connectivity index (χ3n) is 6.25. The number of thiocarbonyl (C=S) groups is 1. The van der Waals surface area contributed by atoms with Gasteiger partial charge in [0.15, 0.2) is 5.11 Å². The SMILES string of the molecule is O=C1[C@H]2Cc3c([nH]c4ccccc34)[C@H](c3ccccc3)N2C(=S)N1c1ccc(F)cc1. The van der Waals surface area contributed by atoms with E-state index in [4.69, 9.17) is 12.2 Å². The fraction of sp³-hybridized carbons (Fsp3) is 0.120. The Morgan fingerprint density at radius 2 is 1.65 bits per heavy atom. The molecule has 2 atom stereocenters. The van der Waals surface area contributed by atoms with Gasteiger partial charge in [0.1, 0.15) is 11.9 Å². The first kappa shape index (κ1) is 18.3. The minimum Gasteiger partial charge on any atom is -0.356 e. The molecule has 0 bridgehead atoms. The van der Waals surface area contributed by atoms with Crippen LogP contribution in [0.4, 0.5) is 10.1 Å². The number of carbonyl (C=O) groups is 1. The van der Waals surface area contributed by atoms with Crippen molar-refractivity contribution >= 4 is 39.8 Å². The number of nitrogens with zero attached hydrogens (tertiary/aromatic N) is 2. The van der Waals surface area contributed by atoms with Crippen LogP contribution in [-0.2, 0) is 11.2 Å². The van der Waals surface area contributed by atoms with Crippen LogP contribution in [0.25, 0.3) is 10.9 Å². The van der Waals surface area contributed by atoms with Crippen molar-refractivity contribution in [2.75, 3.05) is 4.90 Å². The van der Waals surface area contributed by atoms with Crippen molar-refractivity contribution in [3.8, 4) is 0 Å². The van der Waals surface area contributed by atoms with Gasteiger partial charge in [0.05, 0.1) is 11.7 Å². The molecule has 1 N–H and O–H groups in total. The molecule has 1 saturated heterocycles. The smallest absolute Gasteiger partial charge is 0.256 e. The van der Waals surface area contributed by atoms with Crippen LogP contribution in [0.2, 0.25) is 0 Å². The molecule has 3 aromatic carbocycles. The number of para-hydroxylation sites is 1. The number of nitrogens with one attached hydrogen (secondary N) is 1. The predicted molar refractivity (Wildman–Crippen MR) is 122 cm³/mol. The number of anilines is 1. The van der Waals surface area contributed by atoms with Crippen LogP contribution in [0.1, 0.15) is 22.9 Å². The number of carbonyl (C=O) groups excluding carboxylic acids is 1. The normalized spacial score (nSPS) is 20.3. The van der Waals surface area contributed by atoms with Gasteiger partial charge in [-0.15, -0.1) is 0 Å². The van der Waals surface area contributed by atoms with Gasteiger partial charge in [-0.05, 0) is 53.7 Å². The van der Waals surface area contributed by atoms with E-state index in [2.05, 4.69) is 29.2 Å². The number of hydrogen-bond donors (Lipinski definition) is 1. The van der Waals surface area contributed by atoms with Crippen LogP contribution in [-0.4, -0.2) is 26.9 Å². The van der Waals surface area contributed by atoms with Crippen molar-refractivity contribution in [2.24, 2.45) is 0 Å². The second-order valence-electron chi connectivity index (χ2n) is 7.94. The first-order valence-corrected chi connectivity index (χ1v) is 10.6. The largest absolute Gasteiger partial charge is 0.356 e. The molecule has 0 spiro atoms. The first-order valence-electron chi connectivity index (χ1n) is 10.2. The van der Waals surface area contributed by atoms with Crippen LogP contribution >= 0.6 is 12.2 Å². The first-order chi connectivity index (χ1) is 15.1. The summed E-state index contributed by atoms with van der Waals surface area (Å²) >= 11 is 5.84. The molecule has 4 aromatic rings. The van der Waals surface area contributed by atoms with Gasteiger partial charge in [-0.3, -0.25) is 9.69 Å². The lowest BCUT2D eigenvalue weighted by Gasteiger charge is -2.37. The summed E-state index contributed by atoms with van der Waals surface area (Å²) < 4.78 is 13.5. The van der Waals surface area contributed by atoms with Gasteiger partial charge in [0.25, 0.3) is 5.91 Å². The summed E-state index contributed by atoms with van der Waals surface area (Å²) in [6, 6.07) is 23.6. The Morgan fingerprint density at radius 1 is 0.935 bits per heavy atom. The molecule has 0 radical (unpaired) electrons. The predicted octanol–water partition coefficient (Wildman–Crippen LogP) is 4.95. The number of H-pyrrole nitrogens is 1. The van der Waals surface area contributed by atoms with Crippen LogP contribution in [0, 0.1) is 5.82 Å². The summed E-state index contributed by atoms with van der Waals surface area (Å²) in [7, 11) is 0. The Labute approximate surface area is 183 Å². The molecule has 31 heavy (non-hydrogen) atoms. The van der Waals surface area contributed by atoms with Crippen LogP contribution in [0.3, 0.4) is 0 Å². The van der Waals surface area contributed by atoms with Crippen molar-refractivity contribution in [3.63, 3.8) is 0 Å². The van der Waals surface area contributed by atoms with Crippen molar-refractivity contribution in [3.05, 3.63) is 102 Å². The van der Waals surface area contributed by atoms with Gasteiger partial charge < -0.3 is 9.88 Å². The van der Waals surface area contributed by atoms with Crippen LogP contribution < -0.4 is 4.90 Å². The molecule has 0 aliphatic carbocycles. The summed E-state index contributed by atoms with van der Waals surface area (Å²) in [5.74, 6) is -0.420. The van der Waals surface area contributed by atoms with E-state index in [0.29, 0.717) is 17.2 Å². The Hall–Kier alpha value is -3.51. The van der Waals surface area contributed by atoms with Gasteiger partial charge in [-0.25, -0.2) is 4.39 Å². The van der Waals surface area contributed by atoms with E-state index in [1.54, 1.807) is 17.0 Å². The molecule has 6 rings (SSSR count). The maximum Gasteiger partial charge on any atom is 0.256 e. The van der Waals surface area contributed by atoms with E-state index in [0.717, 1.165) is 27.7 Å². The second-order valence-corrected chi connectivity index (χ2v) is 8.30. The van der Waals surface area contributed by atoms with Gasteiger partial charge in [0, 0.05) is 23.0 Å². The molecule has 4 nitrogen and oxygen atoms in total. The molecular formula is C25H18FN3OS. The second kappa shape index (κ2) is 6.75. The molecule has 0 saturated carbocycles. The maximum absolute atomic E-state index is 13.6. The number of benzene rings is 3. The number of fused-ring (bicyclic) bond motifs is 4. The lowest BCUT2D eigenvalue weighted by molar-refractivity contribution is -0.120. The molecule has 2 aliphatic heterocycles. The topological polar surface area (TPSA) is 39.3 Å². The number of halogens is 1.